The molecule has 24 heavy (non-hydrogen) atoms. The van der Waals surface area contributed by atoms with Gasteiger partial charge in [-0.15, -0.1) is 0 Å². The smallest absolute Gasteiger partial charge is 0.232 e. The zero-order valence-corrected chi connectivity index (χ0v) is 13.7. The lowest BCUT2D eigenvalue weighted by Crippen LogP contribution is -2.51. The molecule has 1 aliphatic carbocycles. The Morgan fingerprint density at radius 2 is 1.88 bits per heavy atom. The van der Waals surface area contributed by atoms with Gasteiger partial charge in [-0.3, -0.25) is 4.79 Å². The second-order valence-electron chi connectivity index (χ2n) is 6.88. The van der Waals surface area contributed by atoms with Crippen LogP contribution < -0.4 is 16.4 Å². The van der Waals surface area contributed by atoms with Crippen LogP contribution in [0, 0.1) is 0 Å². The van der Waals surface area contributed by atoms with Gasteiger partial charge in [-0.2, -0.15) is 0 Å². The van der Waals surface area contributed by atoms with Crippen molar-refractivity contribution >= 4 is 5.91 Å². The molecule has 0 aromatic heterocycles. The van der Waals surface area contributed by atoms with Crippen molar-refractivity contribution < 1.29 is 4.79 Å². The van der Waals surface area contributed by atoms with E-state index in [1.165, 1.54) is 5.56 Å². The Morgan fingerprint density at radius 3 is 2.58 bits per heavy atom. The number of carbonyl (C=O) groups excluding carboxylic acids is 1. The maximum absolute atomic E-state index is 13.2. The van der Waals surface area contributed by atoms with E-state index >= 15 is 0 Å². The van der Waals surface area contributed by atoms with E-state index < -0.39 is 5.41 Å². The highest BCUT2D eigenvalue weighted by Gasteiger charge is 2.44. The Labute approximate surface area is 142 Å². The molecule has 1 fully saturated rings. The van der Waals surface area contributed by atoms with E-state index in [9.17, 15) is 4.79 Å². The third-order valence-electron chi connectivity index (χ3n) is 5.52. The monoisotopic (exact) mass is 321 g/mol. The number of rotatable bonds is 3. The van der Waals surface area contributed by atoms with Gasteiger partial charge in [0.15, 0.2) is 0 Å². The van der Waals surface area contributed by atoms with Crippen LogP contribution in [0.3, 0.4) is 0 Å². The van der Waals surface area contributed by atoms with Crippen molar-refractivity contribution in [1.82, 2.24) is 10.6 Å². The number of benzene rings is 2. The van der Waals surface area contributed by atoms with Crippen molar-refractivity contribution in [2.24, 2.45) is 5.73 Å². The van der Waals surface area contributed by atoms with Crippen molar-refractivity contribution in [1.29, 1.82) is 0 Å². The second-order valence-corrected chi connectivity index (χ2v) is 6.88. The highest BCUT2D eigenvalue weighted by molar-refractivity contribution is 5.89. The molecule has 2 aromatic carbocycles. The lowest BCUT2D eigenvalue weighted by molar-refractivity contribution is -0.127. The summed E-state index contributed by atoms with van der Waals surface area (Å²) in [6.45, 7) is 1.54. The van der Waals surface area contributed by atoms with Gasteiger partial charge in [0, 0.05) is 6.54 Å². The minimum absolute atomic E-state index is 0.0314. The molecule has 1 heterocycles. The van der Waals surface area contributed by atoms with Crippen LogP contribution in [0.25, 0.3) is 0 Å². The van der Waals surface area contributed by atoms with Crippen LogP contribution in [-0.4, -0.2) is 25.0 Å². The number of nitrogens with two attached hydrogens (primary N) is 1. The normalized spacial score (nSPS) is 28.5. The van der Waals surface area contributed by atoms with Crippen molar-refractivity contribution in [3.63, 3.8) is 0 Å². The molecule has 1 aliphatic heterocycles. The Bertz CT molecular complexity index is 738. The molecule has 0 saturated carbocycles. The summed E-state index contributed by atoms with van der Waals surface area (Å²) in [6, 6.07) is 18.1. The van der Waals surface area contributed by atoms with Gasteiger partial charge >= 0.3 is 0 Å². The van der Waals surface area contributed by atoms with Gasteiger partial charge in [0.25, 0.3) is 0 Å². The van der Waals surface area contributed by atoms with Crippen LogP contribution in [0.4, 0.5) is 0 Å². The summed E-state index contributed by atoms with van der Waals surface area (Å²) in [5, 5.41) is 6.61. The van der Waals surface area contributed by atoms with E-state index in [-0.39, 0.29) is 18.0 Å². The average molecular weight is 321 g/mol. The molecule has 4 rings (SSSR count). The molecule has 2 aromatic rings. The summed E-state index contributed by atoms with van der Waals surface area (Å²) in [7, 11) is 0. The third kappa shape index (κ3) is 2.43. The minimum Gasteiger partial charge on any atom is -0.350 e. The number of nitrogens with one attached hydrogen (secondary N) is 2. The van der Waals surface area contributed by atoms with Crippen LogP contribution >= 0.6 is 0 Å². The van der Waals surface area contributed by atoms with Crippen molar-refractivity contribution in [2.45, 2.75) is 30.3 Å². The van der Waals surface area contributed by atoms with Crippen LogP contribution in [0.1, 0.15) is 29.2 Å². The van der Waals surface area contributed by atoms with Crippen LogP contribution in [0.2, 0.25) is 0 Å². The zero-order chi connectivity index (χ0) is 16.6. The summed E-state index contributed by atoms with van der Waals surface area (Å²) in [5.41, 5.74) is 9.38. The van der Waals surface area contributed by atoms with E-state index in [2.05, 4.69) is 34.9 Å². The molecule has 1 saturated heterocycles. The standard InChI is InChI=1S/C20H23N3O/c21-18-16-9-5-4-6-14(16)12-17(18)23-19(24)20(10-11-22-13-20)15-7-2-1-3-8-15/h1-9,17-18,22H,10-13,21H2,(H,23,24)/t17-,18-,20?/m0/s1. The van der Waals surface area contributed by atoms with Gasteiger partial charge in [0.1, 0.15) is 0 Å². The largest absolute Gasteiger partial charge is 0.350 e. The summed E-state index contributed by atoms with van der Waals surface area (Å²) in [5.74, 6) is 0.0898. The third-order valence-corrected chi connectivity index (χ3v) is 5.52. The van der Waals surface area contributed by atoms with Gasteiger partial charge in [-0.1, -0.05) is 54.6 Å². The molecular formula is C20H23N3O. The fraction of sp³-hybridized carbons (Fsp3) is 0.350. The quantitative estimate of drug-likeness (QED) is 0.805. The van der Waals surface area contributed by atoms with E-state index in [1.807, 2.05) is 30.3 Å². The van der Waals surface area contributed by atoms with Gasteiger partial charge in [0.05, 0.1) is 17.5 Å². The fourth-order valence-corrected chi connectivity index (χ4v) is 4.09. The maximum Gasteiger partial charge on any atom is 0.232 e. The minimum atomic E-state index is -0.490. The molecule has 0 radical (unpaired) electrons. The lowest BCUT2D eigenvalue weighted by Gasteiger charge is -2.30. The number of fused-ring (bicyclic) bond motifs is 1. The van der Waals surface area contributed by atoms with Gasteiger partial charge in [-0.05, 0) is 36.1 Å². The molecule has 1 unspecified atom stereocenters. The number of hydrogen-bond donors (Lipinski definition) is 3. The Kier molecular flexibility index (Phi) is 3.87. The van der Waals surface area contributed by atoms with Gasteiger partial charge in [-0.25, -0.2) is 0 Å². The van der Waals surface area contributed by atoms with Crippen LogP contribution in [0.5, 0.6) is 0 Å². The van der Waals surface area contributed by atoms with Crippen molar-refractivity contribution in [3.8, 4) is 0 Å². The second kappa shape index (κ2) is 6.04. The predicted molar refractivity (Wildman–Crippen MR) is 94.6 cm³/mol. The molecule has 4 N–H and O–H groups in total. The van der Waals surface area contributed by atoms with E-state index in [1.54, 1.807) is 0 Å². The SMILES string of the molecule is N[C@H]1c2ccccc2C[C@@H]1NC(=O)C1(c2ccccc2)CCNC1. The molecule has 3 atom stereocenters. The summed E-state index contributed by atoms with van der Waals surface area (Å²) in [6.07, 6.45) is 1.62. The number of amides is 1. The first-order chi connectivity index (χ1) is 11.7. The van der Waals surface area contributed by atoms with Crippen molar-refractivity contribution in [2.75, 3.05) is 13.1 Å². The number of hydrogen-bond acceptors (Lipinski definition) is 3. The fourth-order valence-electron chi connectivity index (χ4n) is 4.09. The molecule has 4 nitrogen and oxygen atoms in total. The van der Waals surface area contributed by atoms with Gasteiger partial charge < -0.3 is 16.4 Å². The highest BCUT2D eigenvalue weighted by Crippen LogP contribution is 2.34. The van der Waals surface area contributed by atoms with Crippen LogP contribution in [0.15, 0.2) is 54.6 Å². The molecule has 124 valence electrons. The van der Waals surface area contributed by atoms with E-state index in [0.29, 0.717) is 6.54 Å². The first-order valence-corrected chi connectivity index (χ1v) is 8.61. The topological polar surface area (TPSA) is 67.1 Å². The zero-order valence-electron chi connectivity index (χ0n) is 13.7. The molecule has 0 bridgehead atoms. The molecule has 2 aliphatic rings. The van der Waals surface area contributed by atoms with E-state index in [0.717, 1.165) is 30.5 Å². The first-order valence-electron chi connectivity index (χ1n) is 8.61. The lowest BCUT2D eigenvalue weighted by atomic mass is 9.78. The van der Waals surface area contributed by atoms with E-state index in [4.69, 9.17) is 5.73 Å². The van der Waals surface area contributed by atoms with Crippen LogP contribution in [-0.2, 0) is 16.6 Å². The summed E-state index contributed by atoms with van der Waals surface area (Å²) >= 11 is 0. The molecule has 4 heteroatoms. The number of carbonyl (C=O) groups is 1. The summed E-state index contributed by atoms with van der Waals surface area (Å²) < 4.78 is 0. The Morgan fingerprint density at radius 1 is 1.12 bits per heavy atom. The average Bonchev–Trinajstić information content (AvgIpc) is 3.23. The van der Waals surface area contributed by atoms with Gasteiger partial charge in [0.2, 0.25) is 5.91 Å². The molecule has 1 amide bonds. The molecular weight excluding hydrogens is 298 g/mol. The van der Waals surface area contributed by atoms with Crippen molar-refractivity contribution in [3.05, 3.63) is 71.3 Å². The first kappa shape index (κ1) is 15.4. The summed E-state index contributed by atoms with van der Waals surface area (Å²) in [4.78, 5) is 13.2. The molecule has 0 spiro atoms. The predicted octanol–water partition coefficient (Wildman–Crippen LogP) is 1.66. The highest BCUT2D eigenvalue weighted by atomic mass is 16.2. The maximum atomic E-state index is 13.2. The Hall–Kier alpha value is -2.17. The Balaban J connectivity index is 1.57.